The number of allylic oxidation sites excluding steroid dienone is 1. The van der Waals surface area contributed by atoms with E-state index in [1.54, 1.807) is 13.2 Å². The molecule has 6 rings (SSSR count). The van der Waals surface area contributed by atoms with Crippen LogP contribution in [-0.2, 0) is 21.4 Å². The minimum absolute atomic E-state index is 0.165. The van der Waals surface area contributed by atoms with Crippen molar-refractivity contribution >= 4 is 12.0 Å². The van der Waals surface area contributed by atoms with Crippen LogP contribution in [0.5, 0.6) is 11.5 Å². The molecule has 5 nitrogen and oxygen atoms in total. The van der Waals surface area contributed by atoms with E-state index in [1.807, 2.05) is 36.4 Å². The molecule has 4 aliphatic rings. The first-order valence-electron chi connectivity index (χ1n) is 11.3. The third-order valence-electron chi connectivity index (χ3n) is 7.86. The summed E-state index contributed by atoms with van der Waals surface area (Å²) in [6, 6.07) is 14.4. The van der Waals surface area contributed by atoms with Gasteiger partial charge in [0.2, 0.25) is 0 Å². The molecule has 4 unspecified atom stereocenters. The molecule has 1 saturated heterocycles. The Bertz CT molecular complexity index is 1140. The normalized spacial score (nSPS) is 29.8. The molecular formula is C27H27NO4. The van der Waals surface area contributed by atoms with Crippen LogP contribution in [0.15, 0.2) is 60.4 Å². The number of hydrogen-bond acceptors (Lipinski definition) is 5. The van der Waals surface area contributed by atoms with Gasteiger partial charge < -0.3 is 19.1 Å². The van der Waals surface area contributed by atoms with Crippen molar-refractivity contribution in [3.8, 4) is 11.5 Å². The highest BCUT2D eigenvalue weighted by Gasteiger charge is 2.64. The molecule has 2 aromatic carbocycles. The molecule has 0 N–H and O–H groups in total. The SMILES string of the molecule is COc1ccc2c3c1OC1C(OC(=O)C=Cc4ccccc4)=CCC4C(C2)N(C)CCC314. The van der Waals surface area contributed by atoms with Crippen LogP contribution in [0.3, 0.4) is 0 Å². The lowest BCUT2D eigenvalue weighted by molar-refractivity contribution is -0.136. The zero-order valence-electron chi connectivity index (χ0n) is 18.4. The van der Waals surface area contributed by atoms with Gasteiger partial charge in [0.1, 0.15) is 5.76 Å². The molecule has 1 spiro atoms. The maximum Gasteiger partial charge on any atom is 0.335 e. The monoisotopic (exact) mass is 429 g/mol. The smallest absolute Gasteiger partial charge is 0.335 e. The number of benzene rings is 2. The van der Waals surface area contributed by atoms with E-state index in [0.717, 1.165) is 42.9 Å². The molecule has 2 aliphatic carbocycles. The second kappa shape index (κ2) is 7.24. The molecule has 0 aromatic heterocycles. The lowest BCUT2D eigenvalue weighted by Gasteiger charge is -2.56. The van der Waals surface area contributed by atoms with Crippen molar-refractivity contribution in [1.29, 1.82) is 0 Å². The average molecular weight is 430 g/mol. The zero-order chi connectivity index (χ0) is 21.9. The fourth-order valence-corrected chi connectivity index (χ4v) is 6.44. The predicted octanol–water partition coefficient (Wildman–Crippen LogP) is 4.11. The van der Waals surface area contributed by atoms with Gasteiger partial charge >= 0.3 is 5.97 Å². The number of piperidine rings is 1. The van der Waals surface area contributed by atoms with Crippen LogP contribution in [0.25, 0.3) is 6.08 Å². The lowest BCUT2D eigenvalue weighted by Crippen LogP contribution is -2.63. The second-order valence-corrected chi connectivity index (χ2v) is 9.29. The number of carbonyl (C=O) groups is 1. The van der Waals surface area contributed by atoms with E-state index in [1.165, 1.54) is 17.2 Å². The van der Waals surface area contributed by atoms with Gasteiger partial charge in [0.25, 0.3) is 0 Å². The number of likely N-dealkylation sites (N-methyl/N-ethyl adjacent to an activating group) is 1. The summed E-state index contributed by atoms with van der Waals surface area (Å²) in [4.78, 5) is 15.2. The summed E-state index contributed by atoms with van der Waals surface area (Å²) < 4.78 is 18.2. The first-order chi connectivity index (χ1) is 15.6. The van der Waals surface area contributed by atoms with E-state index >= 15 is 0 Å². The van der Waals surface area contributed by atoms with E-state index < -0.39 is 0 Å². The summed E-state index contributed by atoms with van der Waals surface area (Å²) >= 11 is 0. The summed E-state index contributed by atoms with van der Waals surface area (Å²) in [5.41, 5.74) is 3.43. The van der Waals surface area contributed by atoms with Crippen LogP contribution >= 0.6 is 0 Å². The van der Waals surface area contributed by atoms with Crippen molar-refractivity contribution in [3.05, 3.63) is 77.1 Å². The number of esters is 1. The number of methoxy groups -OCH3 is 1. The molecule has 0 radical (unpaired) electrons. The van der Waals surface area contributed by atoms with Gasteiger partial charge in [0.05, 0.1) is 7.11 Å². The Morgan fingerprint density at radius 2 is 2.06 bits per heavy atom. The third kappa shape index (κ3) is 2.70. The van der Waals surface area contributed by atoms with Crippen molar-refractivity contribution in [1.82, 2.24) is 4.90 Å². The van der Waals surface area contributed by atoms with Crippen LogP contribution in [-0.4, -0.2) is 43.7 Å². The number of nitrogens with zero attached hydrogens (tertiary/aromatic N) is 1. The molecule has 2 aliphatic heterocycles. The zero-order valence-corrected chi connectivity index (χ0v) is 18.4. The van der Waals surface area contributed by atoms with Crippen LogP contribution in [0.4, 0.5) is 0 Å². The van der Waals surface area contributed by atoms with Crippen molar-refractivity contribution in [3.63, 3.8) is 0 Å². The minimum atomic E-state index is -0.373. The highest BCUT2D eigenvalue weighted by atomic mass is 16.6. The molecule has 32 heavy (non-hydrogen) atoms. The average Bonchev–Trinajstić information content (AvgIpc) is 3.17. The first kappa shape index (κ1) is 19.6. The molecule has 164 valence electrons. The molecule has 5 heteroatoms. The summed E-state index contributed by atoms with van der Waals surface area (Å²) in [7, 11) is 3.91. The van der Waals surface area contributed by atoms with Crippen molar-refractivity contribution in [2.24, 2.45) is 5.92 Å². The Morgan fingerprint density at radius 3 is 2.88 bits per heavy atom. The number of hydrogen-bond donors (Lipinski definition) is 0. The lowest BCUT2D eigenvalue weighted by atomic mass is 9.53. The van der Waals surface area contributed by atoms with Gasteiger partial charge in [0.15, 0.2) is 17.6 Å². The fraction of sp³-hybridized carbons (Fsp3) is 0.370. The van der Waals surface area contributed by atoms with Gasteiger partial charge in [-0.15, -0.1) is 0 Å². The number of carbonyl (C=O) groups excluding carboxylic acids is 1. The first-order valence-corrected chi connectivity index (χ1v) is 11.3. The topological polar surface area (TPSA) is 48.0 Å². The summed E-state index contributed by atoms with van der Waals surface area (Å²) in [6.45, 7) is 1.01. The largest absolute Gasteiger partial charge is 0.493 e. The van der Waals surface area contributed by atoms with E-state index in [4.69, 9.17) is 14.2 Å². The summed E-state index contributed by atoms with van der Waals surface area (Å²) in [5.74, 6) is 2.31. The highest BCUT2D eigenvalue weighted by Crippen LogP contribution is 2.63. The van der Waals surface area contributed by atoms with Gasteiger partial charge in [-0.3, -0.25) is 0 Å². The van der Waals surface area contributed by atoms with E-state index in [2.05, 4.69) is 24.1 Å². The molecule has 1 fully saturated rings. The van der Waals surface area contributed by atoms with E-state index in [-0.39, 0.29) is 17.5 Å². The maximum absolute atomic E-state index is 12.7. The molecule has 4 atom stereocenters. The molecule has 2 bridgehead atoms. The number of rotatable bonds is 4. The van der Waals surface area contributed by atoms with Gasteiger partial charge in [-0.05, 0) is 68.1 Å². The van der Waals surface area contributed by atoms with E-state index in [0.29, 0.717) is 17.7 Å². The fourth-order valence-electron chi connectivity index (χ4n) is 6.44. The van der Waals surface area contributed by atoms with Crippen molar-refractivity contribution in [2.75, 3.05) is 20.7 Å². The predicted molar refractivity (Wildman–Crippen MR) is 122 cm³/mol. The Kier molecular flexibility index (Phi) is 4.44. The van der Waals surface area contributed by atoms with Gasteiger partial charge in [-0.2, -0.15) is 0 Å². The summed E-state index contributed by atoms with van der Waals surface area (Å²) in [6.07, 6.45) is 7.95. The van der Waals surface area contributed by atoms with E-state index in [9.17, 15) is 4.79 Å². The molecule has 2 aromatic rings. The Hall–Kier alpha value is -3.05. The van der Waals surface area contributed by atoms with Gasteiger partial charge in [-0.25, -0.2) is 4.79 Å². The summed E-state index contributed by atoms with van der Waals surface area (Å²) in [5, 5.41) is 0. The molecule has 0 saturated carbocycles. The Morgan fingerprint density at radius 1 is 1.22 bits per heavy atom. The number of ether oxygens (including phenoxy) is 3. The highest BCUT2D eigenvalue weighted by molar-refractivity contribution is 5.88. The Labute approximate surface area is 188 Å². The van der Waals surface area contributed by atoms with Crippen LogP contribution in [0, 0.1) is 5.92 Å². The standard InChI is InChI=1S/C27H27NO4/c1-28-15-14-27-19-10-12-22(31-23(29)13-8-17-6-4-3-5-7-17)26(27)32-25-21(30-2)11-9-18(24(25)27)16-20(19)28/h3-9,11-13,19-20,26H,10,14-16H2,1-2H3. The van der Waals surface area contributed by atoms with Gasteiger partial charge in [-0.1, -0.05) is 36.4 Å². The number of likely N-dealkylation sites (tertiary alicyclic amines) is 1. The van der Waals surface area contributed by atoms with Crippen LogP contribution in [0.2, 0.25) is 0 Å². The van der Waals surface area contributed by atoms with Crippen molar-refractivity contribution < 1.29 is 19.0 Å². The molecule has 2 heterocycles. The quantitative estimate of drug-likeness (QED) is 0.541. The van der Waals surface area contributed by atoms with Crippen molar-refractivity contribution in [2.45, 2.75) is 36.8 Å². The maximum atomic E-state index is 12.7. The second-order valence-electron chi connectivity index (χ2n) is 9.29. The van der Waals surface area contributed by atoms with Crippen LogP contribution in [0.1, 0.15) is 29.5 Å². The van der Waals surface area contributed by atoms with Gasteiger partial charge in [0, 0.05) is 23.1 Å². The molecular weight excluding hydrogens is 402 g/mol. The molecule has 0 amide bonds. The minimum Gasteiger partial charge on any atom is -0.493 e. The Balaban J connectivity index is 1.37. The van der Waals surface area contributed by atoms with Crippen LogP contribution < -0.4 is 9.47 Å². The third-order valence-corrected chi connectivity index (χ3v) is 7.86.